The number of nitrogens with zero attached hydrogens (tertiary/aromatic N) is 5. The molecule has 0 N–H and O–H groups in total. The van der Waals surface area contributed by atoms with E-state index in [1.54, 1.807) is 0 Å². The van der Waals surface area contributed by atoms with Gasteiger partial charge >= 0.3 is 0 Å². The fourth-order valence-corrected chi connectivity index (χ4v) is 4.75. The summed E-state index contributed by atoms with van der Waals surface area (Å²) < 4.78 is 2.01. The molecule has 5 rings (SSSR count). The third-order valence-electron chi connectivity index (χ3n) is 6.02. The minimum atomic E-state index is 0.599. The zero-order chi connectivity index (χ0) is 22.2. The van der Waals surface area contributed by atoms with Crippen LogP contribution < -0.4 is 4.90 Å². The SMILES string of the molecule is Cc1cc(N2CCN(Cc3ccc(Cl)c(Cl)c3)CC2)n2nc(C)c(-c3ccccc3)c2n1. The van der Waals surface area contributed by atoms with Gasteiger partial charge in [-0.05, 0) is 37.1 Å². The van der Waals surface area contributed by atoms with Gasteiger partial charge in [0.1, 0.15) is 5.82 Å². The first-order valence-electron chi connectivity index (χ1n) is 10.8. The molecule has 1 aliphatic heterocycles. The highest BCUT2D eigenvalue weighted by atomic mass is 35.5. The quantitative estimate of drug-likeness (QED) is 0.390. The van der Waals surface area contributed by atoms with Crippen molar-refractivity contribution in [3.05, 3.63) is 81.6 Å². The van der Waals surface area contributed by atoms with E-state index >= 15 is 0 Å². The highest BCUT2D eigenvalue weighted by molar-refractivity contribution is 6.42. The molecule has 0 amide bonds. The average molecular weight is 466 g/mol. The van der Waals surface area contributed by atoms with Crippen molar-refractivity contribution in [3.8, 4) is 11.1 Å². The minimum Gasteiger partial charge on any atom is -0.354 e. The number of anilines is 1. The van der Waals surface area contributed by atoms with E-state index in [1.807, 2.05) is 28.8 Å². The summed E-state index contributed by atoms with van der Waals surface area (Å²) in [7, 11) is 0. The Kier molecular flexibility index (Phi) is 5.80. The van der Waals surface area contributed by atoms with Crippen molar-refractivity contribution < 1.29 is 0 Å². The third kappa shape index (κ3) is 4.08. The van der Waals surface area contributed by atoms with Crippen LogP contribution in [0.3, 0.4) is 0 Å². The molecule has 3 heterocycles. The maximum Gasteiger partial charge on any atom is 0.165 e. The van der Waals surface area contributed by atoms with E-state index in [0.717, 1.165) is 66.7 Å². The van der Waals surface area contributed by atoms with Gasteiger partial charge < -0.3 is 4.90 Å². The lowest BCUT2D eigenvalue weighted by Gasteiger charge is -2.36. The molecule has 0 aliphatic carbocycles. The summed E-state index contributed by atoms with van der Waals surface area (Å²) in [5.41, 5.74) is 6.35. The van der Waals surface area contributed by atoms with Gasteiger partial charge in [-0.2, -0.15) is 9.61 Å². The fourth-order valence-electron chi connectivity index (χ4n) is 4.42. The van der Waals surface area contributed by atoms with Gasteiger partial charge in [0.25, 0.3) is 0 Å². The zero-order valence-corrected chi connectivity index (χ0v) is 19.7. The summed E-state index contributed by atoms with van der Waals surface area (Å²) in [6.07, 6.45) is 0. The Morgan fingerprint density at radius 2 is 1.62 bits per heavy atom. The van der Waals surface area contributed by atoms with Gasteiger partial charge in [-0.25, -0.2) is 4.98 Å². The molecule has 164 valence electrons. The number of aryl methyl sites for hydroxylation is 2. The molecule has 4 aromatic rings. The molecule has 7 heteroatoms. The maximum atomic E-state index is 6.19. The molecule has 0 bridgehead atoms. The molecular weight excluding hydrogens is 441 g/mol. The van der Waals surface area contributed by atoms with Crippen LogP contribution in [0.25, 0.3) is 16.8 Å². The number of halogens is 2. The highest BCUT2D eigenvalue weighted by Gasteiger charge is 2.22. The Labute approximate surface area is 198 Å². The Morgan fingerprint density at radius 1 is 0.875 bits per heavy atom. The minimum absolute atomic E-state index is 0.599. The first-order chi connectivity index (χ1) is 15.5. The van der Waals surface area contributed by atoms with E-state index < -0.39 is 0 Å². The summed E-state index contributed by atoms with van der Waals surface area (Å²) in [6, 6.07) is 18.4. The first-order valence-corrected chi connectivity index (χ1v) is 11.6. The zero-order valence-electron chi connectivity index (χ0n) is 18.2. The van der Waals surface area contributed by atoms with Gasteiger partial charge in [0, 0.05) is 50.0 Å². The van der Waals surface area contributed by atoms with E-state index in [9.17, 15) is 0 Å². The standard InChI is InChI=1S/C25H25Cl2N5/c1-17-14-23(32-25(28-17)24(18(2)29-32)20-6-4-3-5-7-20)31-12-10-30(11-13-31)16-19-8-9-21(26)22(27)15-19/h3-9,14-15H,10-13,16H2,1-2H3. The lowest BCUT2D eigenvalue weighted by atomic mass is 10.1. The topological polar surface area (TPSA) is 36.7 Å². The molecule has 32 heavy (non-hydrogen) atoms. The maximum absolute atomic E-state index is 6.19. The van der Waals surface area contributed by atoms with Crippen LogP contribution in [-0.4, -0.2) is 45.7 Å². The summed E-state index contributed by atoms with van der Waals surface area (Å²) in [5, 5.41) is 6.09. The second-order valence-electron chi connectivity index (χ2n) is 8.33. The molecule has 2 aromatic carbocycles. The molecule has 5 nitrogen and oxygen atoms in total. The normalized spacial score (nSPS) is 14.9. The first kappa shape index (κ1) is 21.3. The summed E-state index contributed by atoms with van der Waals surface area (Å²) in [5.74, 6) is 1.10. The number of rotatable bonds is 4. The van der Waals surface area contributed by atoms with Crippen LogP contribution in [0.4, 0.5) is 5.82 Å². The van der Waals surface area contributed by atoms with E-state index in [0.29, 0.717) is 10.0 Å². The summed E-state index contributed by atoms with van der Waals surface area (Å²) in [4.78, 5) is 9.71. The highest BCUT2D eigenvalue weighted by Crippen LogP contribution is 2.30. The molecule has 2 aromatic heterocycles. The van der Waals surface area contributed by atoms with E-state index in [-0.39, 0.29) is 0 Å². The molecule has 0 saturated carbocycles. The van der Waals surface area contributed by atoms with Crippen LogP contribution in [0.5, 0.6) is 0 Å². The second-order valence-corrected chi connectivity index (χ2v) is 9.14. The predicted octanol–water partition coefficient (Wildman–Crippen LogP) is 5.64. The van der Waals surface area contributed by atoms with Crippen molar-refractivity contribution in [3.63, 3.8) is 0 Å². The van der Waals surface area contributed by atoms with Crippen molar-refractivity contribution >= 4 is 34.7 Å². The van der Waals surface area contributed by atoms with Gasteiger partial charge in [-0.15, -0.1) is 0 Å². The number of piperazine rings is 1. The monoisotopic (exact) mass is 465 g/mol. The Hall–Kier alpha value is -2.60. The number of hydrogen-bond acceptors (Lipinski definition) is 4. The second kappa shape index (κ2) is 8.74. The van der Waals surface area contributed by atoms with Gasteiger partial charge in [-0.3, -0.25) is 4.90 Å². The fraction of sp³-hybridized carbons (Fsp3) is 0.280. The molecule has 0 radical (unpaired) electrons. The smallest absolute Gasteiger partial charge is 0.165 e. The van der Waals surface area contributed by atoms with Crippen LogP contribution in [0.2, 0.25) is 10.0 Å². The average Bonchev–Trinajstić information content (AvgIpc) is 3.12. The van der Waals surface area contributed by atoms with E-state index in [1.165, 1.54) is 5.56 Å². The molecule has 0 atom stereocenters. The molecular formula is C25H25Cl2N5. The van der Waals surface area contributed by atoms with Crippen LogP contribution in [0.1, 0.15) is 17.0 Å². The molecule has 1 aliphatic rings. The van der Waals surface area contributed by atoms with Crippen molar-refractivity contribution in [1.82, 2.24) is 19.5 Å². The van der Waals surface area contributed by atoms with Crippen LogP contribution >= 0.6 is 23.2 Å². The number of aromatic nitrogens is 3. The Morgan fingerprint density at radius 3 is 2.34 bits per heavy atom. The lowest BCUT2D eigenvalue weighted by Crippen LogP contribution is -2.46. The van der Waals surface area contributed by atoms with Crippen LogP contribution in [-0.2, 0) is 6.54 Å². The van der Waals surface area contributed by atoms with Crippen LogP contribution in [0.15, 0.2) is 54.6 Å². The Balaban J connectivity index is 1.39. The third-order valence-corrected chi connectivity index (χ3v) is 6.76. The van der Waals surface area contributed by atoms with Gasteiger partial charge in [0.05, 0.1) is 15.7 Å². The van der Waals surface area contributed by atoms with Crippen molar-refractivity contribution in [2.75, 3.05) is 31.1 Å². The van der Waals surface area contributed by atoms with Crippen LogP contribution in [0, 0.1) is 13.8 Å². The largest absolute Gasteiger partial charge is 0.354 e. The van der Waals surface area contributed by atoms with Crippen molar-refractivity contribution in [2.45, 2.75) is 20.4 Å². The molecule has 0 spiro atoms. The summed E-state index contributed by atoms with van der Waals surface area (Å²) in [6.45, 7) is 8.78. The van der Waals surface area contributed by atoms with E-state index in [4.69, 9.17) is 33.3 Å². The lowest BCUT2D eigenvalue weighted by molar-refractivity contribution is 0.249. The number of benzene rings is 2. The van der Waals surface area contributed by atoms with E-state index in [2.05, 4.69) is 54.0 Å². The molecule has 1 fully saturated rings. The number of fused-ring (bicyclic) bond motifs is 1. The van der Waals surface area contributed by atoms with Gasteiger partial charge in [-0.1, -0.05) is 59.6 Å². The number of hydrogen-bond donors (Lipinski definition) is 0. The van der Waals surface area contributed by atoms with Crippen molar-refractivity contribution in [2.24, 2.45) is 0 Å². The molecule has 0 unspecified atom stereocenters. The van der Waals surface area contributed by atoms with Gasteiger partial charge in [0.15, 0.2) is 5.65 Å². The molecule has 1 saturated heterocycles. The van der Waals surface area contributed by atoms with Gasteiger partial charge in [0.2, 0.25) is 0 Å². The van der Waals surface area contributed by atoms with Crippen molar-refractivity contribution in [1.29, 1.82) is 0 Å². The predicted molar refractivity (Wildman–Crippen MR) is 132 cm³/mol. The summed E-state index contributed by atoms with van der Waals surface area (Å²) >= 11 is 12.2. The Bertz CT molecular complexity index is 1260.